The summed E-state index contributed by atoms with van der Waals surface area (Å²) in [6.45, 7) is 3.84. The fourth-order valence-electron chi connectivity index (χ4n) is 1.96. The molecule has 0 fully saturated rings. The summed E-state index contributed by atoms with van der Waals surface area (Å²) >= 11 is 0. The van der Waals surface area contributed by atoms with Crippen LogP contribution in [0.3, 0.4) is 0 Å². The van der Waals surface area contributed by atoms with Gasteiger partial charge in [-0.2, -0.15) is 0 Å². The van der Waals surface area contributed by atoms with Crippen LogP contribution < -0.4 is 10.1 Å². The minimum absolute atomic E-state index is 0.182. The monoisotopic (exact) mass is 283 g/mol. The Balaban J connectivity index is 1.97. The number of para-hydroxylation sites is 1. The van der Waals surface area contributed by atoms with E-state index in [0.717, 1.165) is 17.1 Å². The molecular formula is C17H17NO3. The molecule has 0 aliphatic heterocycles. The third kappa shape index (κ3) is 3.67. The first kappa shape index (κ1) is 14.7. The number of carbonyl (C=O) groups excluding carboxylic acids is 1. The van der Waals surface area contributed by atoms with Crippen molar-refractivity contribution in [2.75, 3.05) is 13.7 Å². The van der Waals surface area contributed by atoms with Gasteiger partial charge in [-0.15, -0.1) is 0 Å². The van der Waals surface area contributed by atoms with Crippen LogP contribution in [0.25, 0.3) is 0 Å². The number of amides is 1. The van der Waals surface area contributed by atoms with Crippen LogP contribution in [0.5, 0.6) is 5.75 Å². The van der Waals surface area contributed by atoms with Gasteiger partial charge in [0.15, 0.2) is 0 Å². The Labute approximate surface area is 124 Å². The molecule has 0 bridgehead atoms. The van der Waals surface area contributed by atoms with E-state index in [1.54, 1.807) is 20.1 Å². The van der Waals surface area contributed by atoms with Gasteiger partial charge in [-0.25, -0.2) is 0 Å². The standard InChI is InChI=1S/C17H17NO3/c1-12-11-15(13(2)21-12)17(19)18-10-6-8-14-7-4-5-9-16(14)20-3/h4-5,7,9,11H,10H2,1-3H3,(H,18,19). The fraction of sp³-hybridized carbons (Fsp3) is 0.235. The van der Waals surface area contributed by atoms with E-state index in [2.05, 4.69) is 17.2 Å². The molecule has 1 aromatic heterocycles. The normalized spacial score (nSPS) is 9.67. The number of hydrogen-bond acceptors (Lipinski definition) is 3. The number of methoxy groups -OCH3 is 1. The zero-order chi connectivity index (χ0) is 15.2. The van der Waals surface area contributed by atoms with Crippen LogP contribution in [0, 0.1) is 25.7 Å². The van der Waals surface area contributed by atoms with Crippen molar-refractivity contribution in [2.24, 2.45) is 0 Å². The summed E-state index contributed by atoms with van der Waals surface area (Å²) in [6, 6.07) is 9.22. The predicted molar refractivity (Wildman–Crippen MR) is 80.4 cm³/mol. The van der Waals surface area contributed by atoms with Crippen molar-refractivity contribution in [1.29, 1.82) is 0 Å². The average Bonchev–Trinajstić information content (AvgIpc) is 2.82. The van der Waals surface area contributed by atoms with E-state index in [-0.39, 0.29) is 12.5 Å². The van der Waals surface area contributed by atoms with Crippen molar-refractivity contribution in [3.8, 4) is 17.6 Å². The molecule has 0 spiro atoms. The van der Waals surface area contributed by atoms with Gasteiger partial charge >= 0.3 is 0 Å². The van der Waals surface area contributed by atoms with Gasteiger partial charge in [-0.3, -0.25) is 4.79 Å². The molecule has 1 aromatic carbocycles. The molecule has 1 heterocycles. The van der Waals surface area contributed by atoms with Crippen LogP contribution in [0.4, 0.5) is 0 Å². The first-order valence-corrected chi connectivity index (χ1v) is 6.59. The smallest absolute Gasteiger partial charge is 0.255 e. The molecule has 0 aliphatic rings. The second-order valence-electron chi connectivity index (χ2n) is 4.51. The summed E-state index contributed by atoms with van der Waals surface area (Å²) in [4.78, 5) is 11.9. The molecular weight excluding hydrogens is 266 g/mol. The van der Waals surface area contributed by atoms with Gasteiger partial charge in [0.05, 0.1) is 24.8 Å². The number of nitrogens with one attached hydrogen (secondary N) is 1. The third-order valence-electron chi connectivity index (χ3n) is 2.95. The molecule has 0 saturated carbocycles. The molecule has 0 saturated heterocycles. The molecule has 0 atom stereocenters. The van der Waals surface area contributed by atoms with Crippen LogP contribution in [0.15, 0.2) is 34.7 Å². The van der Waals surface area contributed by atoms with Crippen molar-refractivity contribution in [3.63, 3.8) is 0 Å². The van der Waals surface area contributed by atoms with E-state index in [4.69, 9.17) is 9.15 Å². The number of furan rings is 1. The first-order chi connectivity index (χ1) is 10.1. The van der Waals surface area contributed by atoms with E-state index >= 15 is 0 Å². The van der Waals surface area contributed by atoms with Crippen LogP contribution in [-0.4, -0.2) is 19.6 Å². The van der Waals surface area contributed by atoms with E-state index in [1.807, 2.05) is 31.2 Å². The zero-order valence-corrected chi connectivity index (χ0v) is 12.3. The maximum absolute atomic E-state index is 11.9. The lowest BCUT2D eigenvalue weighted by molar-refractivity contribution is 0.0957. The number of ether oxygens (including phenoxy) is 1. The van der Waals surface area contributed by atoms with Crippen molar-refractivity contribution in [1.82, 2.24) is 5.32 Å². The minimum atomic E-state index is -0.182. The van der Waals surface area contributed by atoms with Crippen LogP contribution in [-0.2, 0) is 0 Å². The Hall–Kier alpha value is -2.67. The van der Waals surface area contributed by atoms with Gasteiger partial charge in [0.25, 0.3) is 5.91 Å². The van der Waals surface area contributed by atoms with Crippen LogP contribution in [0.2, 0.25) is 0 Å². The third-order valence-corrected chi connectivity index (χ3v) is 2.95. The Kier molecular flexibility index (Phi) is 4.68. The van der Waals surface area contributed by atoms with Crippen LogP contribution >= 0.6 is 0 Å². The van der Waals surface area contributed by atoms with Gasteiger partial charge in [0.1, 0.15) is 17.3 Å². The Morgan fingerprint density at radius 1 is 1.33 bits per heavy atom. The summed E-state index contributed by atoms with van der Waals surface area (Å²) in [5.74, 6) is 7.76. The Morgan fingerprint density at radius 2 is 2.10 bits per heavy atom. The highest BCUT2D eigenvalue weighted by Gasteiger charge is 2.12. The highest BCUT2D eigenvalue weighted by molar-refractivity contribution is 5.95. The number of rotatable bonds is 3. The molecule has 4 heteroatoms. The summed E-state index contributed by atoms with van der Waals surface area (Å²) in [5.41, 5.74) is 1.34. The summed E-state index contributed by atoms with van der Waals surface area (Å²) in [5, 5.41) is 2.75. The number of aryl methyl sites for hydroxylation is 2. The molecule has 4 nitrogen and oxygen atoms in total. The van der Waals surface area contributed by atoms with Crippen molar-refractivity contribution in [3.05, 3.63) is 53.0 Å². The van der Waals surface area contributed by atoms with Crippen molar-refractivity contribution < 1.29 is 13.9 Å². The van der Waals surface area contributed by atoms with Gasteiger partial charge in [0, 0.05) is 0 Å². The summed E-state index contributed by atoms with van der Waals surface area (Å²) in [6.07, 6.45) is 0. The maximum atomic E-state index is 11.9. The fourth-order valence-corrected chi connectivity index (χ4v) is 1.96. The molecule has 0 unspecified atom stereocenters. The van der Waals surface area contributed by atoms with Crippen molar-refractivity contribution >= 4 is 5.91 Å². The van der Waals surface area contributed by atoms with E-state index < -0.39 is 0 Å². The average molecular weight is 283 g/mol. The maximum Gasteiger partial charge on any atom is 0.255 e. The van der Waals surface area contributed by atoms with Gasteiger partial charge < -0.3 is 14.5 Å². The van der Waals surface area contributed by atoms with E-state index in [1.165, 1.54) is 0 Å². The zero-order valence-electron chi connectivity index (χ0n) is 12.3. The molecule has 1 amide bonds. The second-order valence-corrected chi connectivity index (χ2v) is 4.51. The molecule has 21 heavy (non-hydrogen) atoms. The number of benzene rings is 1. The molecule has 1 N–H and O–H groups in total. The second kappa shape index (κ2) is 6.67. The lowest BCUT2D eigenvalue weighted by Gasteiger charge is -2.01. The molecule has 0 aliphatic carbocycles. The van der Waals surface area contributed by atoms with Gasteiger partial charge in [-0.05, 0) is 32.0 Å². The molecule has 2 aromatic rings. The first-order valence-electron chi connectivity index (χ1n) is 6.59. The van der Waals surface area contributed by atoms with Crippen molar-refractivity contribution in [2.45, 2.75) is 13.8 Å². The van der Waals surface area contributed by atoms with E-state index in [9.17, 15) is 4.79 Å². The molecule has 0 radical (unpaired) electrons. The van der Waals surface area contributed by atoms with Gasteiger partial charge in [-0.1, -0.05) is 24.0 Å². The highest BCUT2D eigenvalue weighted by Crippen LogP contribution is 2.15. The largest absolute Gasteiger partial charge is 0.495 e. The summed E-state index contributed by atoms with van der Waals surface area (Å²) in [7, 11) is 1.60. The molecule has 108 valence electrons. The minimum Gasteiger partial charge on any atom is -0.495 e. The lowest BCUT2D eigenvalue weighted by Crippen LogP contribution is -2.23. The number of hydrogen-bond donors (Lipinski definition) is 1. The Bertz CT molecular complexity index is 704. The topological polar surface area (TPSA) is 51.5 Å². The molecule has 2 rings (SSSR count). The predicted octanol–water partition coefficient (Wildman–Crippen LogP) is 2.69. The van der Waals surface area contributed by atoms with E-state index in [0.29, 0.717) is 11.3 Å². The SMILES string of the molecule is COc1ccccc1C#CCNC(=O)c1cc(C)oc1C. The lowest BCUT2D eigenvalue weighted by atomic mass is 10.2. The van der Waals surface area contributed by atoms with Crippen LogP contribution in [0.1, 0.15) is 27.4 Å². The number of carbonyl (C=O) groups is 1. The quantitative estimate of drug-likeness (QED) is 0.881. The Morgan fingerprint density at radius 3 is 2.76 bits per heavy atom. The summed E-state index contributed by atoms with van der Waals surface area (Å²) < 4.78 is 10.5. The highest BCUT2D eigenvalue weighted by atomic mass is 16.5. The van der Waals surface area contributed by atoms with Gasteiger partial charge in [0.2, 0.25) is 0 Å².